The highest BCUT2D eigenvalue weighted by Crippen LogP contribution is 2.06. The number of carbonyl (C=O) groups is 2. The Bertz CT molecular complexity index is 722. The van der Waals surface area contributed by atoms with E-state index in [4.69, 9.17) is 14.2 Å². The first kappa shape index (κ1) is 21.4. The fraction of sp³-hybridized carbons (Fsp3) is 0.333. The van der Waals surface area contributed by atoms with Gasteiger partial charge in [-0.05, 0) is 11.1 Å². The van der Waals surface area contributed by atoms with E-state index in [1.165, 1.54) is 7.05 Å². The Kier molecular flexibility index (Phi) is 8.97. The molecule has 0 bridgehead atoms. The molecule has 1 N–H and O–H groups in total. The van der Waals surface area contributed by atoms with Crippen LogP contribution in [-0.4, -0.2) is 55.0 Å². The van der Waals surface area contributed by atoms with Gasteiger partial charge in [0.1, 0.15) is 6.61 Å². The van der Waals surface area contributed by atoms with Crippen LogP contribution in [-0.2, 0) is 32.2 Å². The van der Waals surface area contributed by atoms with Gasteiger partial charge in [-0.25, -0.2) is 9.59 Å². The highest BCUT2D eigenvalue weighted by molar-refractivity contribution is 5.80. The number of carboxylic acids is 1. The molecule has 0 saturated heterocycles. The van der Waals surface area contributed by atoms with Crippen molar-refractivity contribution in [2.24, 2.45) is 0 Å². The molecule has 0 aliphatic rings. The lowest BCUT2D eigenvalue weighted by Crippen LogP contribution is -2.45. The van der Waals surface area contributed by atoms with Crippen molar-refractivity contribution < 1.29 is 28.9 Å². The van der Waals surface area contributed by atoms with E-state index in [1.54, 1.807) is 0 Å². The normalized spacial score (nSPS) is 11.6. The first-order valence-corrected chi connectivity index (χ1v) is 8.93. The van der Waals surface area contributed by atoms with Crippen molar-refractivity contribution in [1.29, 1.82) is 0 Å². The Labute approximate surface area is 164 Å². The Morgan fingerprint density at radius 2 is 1.43 bits per heavy atom. The van der Waals surface area contributed by atoms with Crippen LogP contribution >= 0.6 is 0 Å². The zero-order chi connectivity index (χ0) is 20.2. The molecule has 0 aromatic heterocycles. The van der Waals surface area contributed by atoms with Crippen LogP contribution in [0.15, 0.2) is 60.7 Å². The minimum Gasteiger partial charge on any atom is -0.480 e. The lowest BCUT2D eigenvalue weighted by Gasteiger charge is -2.24. The monoisotopic (exact) mass is 387 g/mol. The Morgan fingerprint density at radius 1 is 0.893 bits per heavy atom. The van der Waals surface area contributed by atoms with Crippen LogP contribution in [0.4, 0.5) is 4.79 Å². The molecule has 0 fully saturated rings. The number of nitrogens with zero attached hydrogens (tertiary/aromatic N) is 1. The number of hydrogen-bond acceptors (Lipinski definition) is 5. The van der Waals surface area contributed by atoms with Crippen LogP contribution in [0.1, 0.15) is 11.1 Å². The summed E-state index contributed by atoms with van der Waals surface area (Å²) in [6.07, 6.45) is -0.722. The molecule has 2 rings (SSSR count). The van der Waals surface area contributed by atoms with Gasteiger partial charge in [-0.15, -0.1) is 0 Å². The number of rotatable bonds is 11. The second kappa shape index (κ2) is 11.7. The smallest absolute Gasteiger partial charge is 0.410 e. The minimum atomic E-state index is -1.16. The summed E-state index contributed by atoms with van der Waals surface area (Å²) >= 11 is 0. The predicted molar refractivity (Wildman–Crippen MR) is 103 cm³/mol. The van der Waals surface area contributed by atoms with Gasteiger partial charge in [0.2, 0.25) is 0 Å². The van der Waals surface area contributed by atoms with Crippen molar-refractivity contribution in [2.45, 2.75) is 19.3 Å². The fourth-order valence-electron chi connectivity index (χ4n) is 2.37. The van der Waals surface area contributed by atoms with Crippen LogP contribution in [0.2, 0.25) is 0 Å². The van der Waals surface area contributed by atoms with Crippen molar-refractivity contribution in [2.75, 3.05) is 26.9 Å². The number of carboxylic acid groups (broad SMARTS) is 1. The molecule has 1 atom stereocenters. The molecule has 150 valence electrons. The number of carbonyl (C=O) groups excluding carboxylic acids is 1. The van der Waals surface area contributed by atoms with E-state index in [9.17, 15) is 14.7 Å². The summed E-state index contributed by atoms with van der Waals surface area (Å²) in [6, 6.07) is 17.7. The van der Waals surface area contributed by atoms with E-state index >= 15 is 0 Å². The molecule has 7 heteroatoms. The zero-order valence-electron chi connectivity index (χ0n) is 15.8. The van der Waals surface area contributed by atoms with Crippen molar-refractivity contribution in [3.8, 4) is 0 Å². The van der Waals surface area contributed by atoms with Crippen molar-refractivity contribution >= 4 is 12.1 Å². The number of hydrogen-bond donors (Lipinski definition) is 1. The van der Waals surface area contributed by atoms with Gasteiger partial charge in [0.05, 0.1) is 26.4 Å². The summed E-state index contributed by atoms with van der Waals surface area (Å²) in [5.41, 5.74) is 1.87. The summed E-state index contributed by atoms with van der Waals surface area (Å²) in [5, 5.41) is 9.37. The first-order chi connectivity index (χ1) is 13.6. The highest BCUT2D eigenvalue weighted by Gasteiger charge is 2.27. The second-order valence-corrected chi connectivity index (χ2v) is 6.12. The summed E-state index contributed by atoms with van der Waals surface area (Å²) in [7, 11) is 1.38. The molecule has 0 aliphatic carbocycles. The molecular weight excluding hydrogens is 362 g/mol. The molecule has 0 heterocycles. The molecule has 2 aromatic carbocycles. The van der Waals surface area contributed by atoms with Gasteiger partial charge in [0.15, 0.2) is 6.04 Å². The van der Waals surface area contributed by atoms with E-state index in [0.717, 1.165) is 16.0 Å². The van der Waals surface area contributed by atoms with Crippen LogP contribution in [0, 0.1) is 0 Å². The Hall–Kier alpha value is -2.90. The quantitative estimate of drug-likeness (QED) is 0.597. The third kappa shape index (κ3) is 7.38. The Morgan fingerprint density at radius 3 is 2.00 bits per heavy atom. The summed E-state index contributed by atoms with van der Waals surface area (Å²) in [6.45, 7) is 0.927. The van der Waals surface area contributed by atoms with Gasteiger partial charge in [0, 0.05) is 7.05 Å². The topological polar surface area (TPSA) is 85.3 Å². The SMILES string of the molecule is CN(C(=O)OCc1ccccc1)[C@@H](COCCOCc1ccccc1)C(=O)O. The van der Waals surface area contributed by atoms with E-state index < -0.39 is 18.1 Å². The number of ether oxygens (including phenoxy) is 3. The number of aliphatic carboxylic acids is 1. The highest BCUT2D eigenvalue weighted by atomic mass is 16.6. The predicted octanol–water partition coefficient (Wildman–Crippen LogP) is 2.94. The molecule has 0 saturated carbocycles. The number of amides is 1. The van der Waals surface area contributed by atoms with Crippen molar-refractivity contribution in [3.63, 3.8) is 0 Å². The summed E-state index contributed by atoms with van der Waals surface area (Å²) < 4.78 is 16.0. The molecule has 0 radical (unpaired) electrons. The van der Waals surface area contributed by atoms with E-state index in [-0.39, 0.29) is 19.8 Å². The molecule has 2 aromatic rings. The van der Waals surface area contributed by atoms with Crippen LogP contribution < -0.4 is 0 Å². The third-order valence-corrected chi connectivity index (χ3v) is 4.00. The van der Waals surface area contributed by atoms with E-state index in [0.29, 0.717) is 13.2 Å². The van der Waals surface area contributed by atoms with Gasteiger partial charge in [0.25, 0.3) is 0 Å². The number of likely N-dealkylation sites (N-methyl/N-ethyl adjacent to an activating group) is 1. The maximum absolute atomic E-state index is 12.1. The van der Waals surface area contributed by atoms with Gasteiger partial charge in [-0.1, -0.05) is 60.7 Å². The second-order valence-electron chi connectivity index (χ2n) is 6.12. The largest absolute Gasteiger partial charge is 0.480 e. The van der Waals surface area contributed by atoms with Crippen LogP contribution in [0.25, 0.3) is 0 Å². The Balaban J connectivity index is 1.69. The van der Waals surface area contributed by atoms with E-state index in [2.05, 4.69) is 0 Å². The van der Waals surface area contributed by atoms with Crippen LogP contribution in [0.5, 0.6) is 0 Å². The standard InChI is InChI=1S/C21H25NO6/c1-22(21(25)28-15-18-10-6-3-7-11-18)19(20(23)24)16-27-13-12-26-14-17-8-4-2-5-9-17/h2-11,19H,12-16H2,1H3,(H,23,24)/t19-/m0/s1. The molecule has 7 nitrogen and oxygen atoms in total. The summed E-state index contributed by atoms with van der Waals surface area (Å²) in [5.74, 6) is -1.16. The third-order valence-electron chi connectivity index (χ3n) is 4.00. The minimum absolute atomic E-state index is 0.0739. The molecule has 1 amide bonds. The molecule has 0 spiro atoms. The van der Waals surface area contributed by atoms with Crippen LogP contribution in [0.3, 0.4) is 0 Å². The zero-order valence-corrected chi connectivity index (χ0v) is 15.8. The average Bonchev–Trinajstić information content (AvgIpc) is 2.72. The van der Waals surface area contributed by atoms with Gasteiger partial charge < -0.3 is 19.3 Å². The van der Waals surface area contributed by atoms with Gasteiger partial charge in [-0.2, -0.15) is 0 Å². The summed E-state index contributed by atoms with van der Waals surface area (Å²) in [4.78, 5) is 24.6. The molecule has 0 unspecified atom stereocenters. The lowest BCUT2D eigenvalue weighted by molar-refractivity contribution is -0.144. The lowest BCUT2D eigenvalue weighted by atomic mass is 10.2. The molecular formula is C21H25NO6. The van der Waals surface area contributed by atoms with E-state index in [1.807, 2.05) is 60.7 Å². The maximum Gasteiger partial charge on any atom is 0.410 e. The fourth-order valence-corrected chi connectivity index (χ4v) is 2.37. The van der Waals surface area contributed by atoms with Crippen molar-refractivity contribution in [1.82, 2.24) is 4.90 Å². The average molecular weight is 387 g/mol. The molecule has 0 aliphatic heterocycles. The maximum atomic E-state index is 12.1. The van der Waals surface area contributed by atoms with Gasteiger partial charge >= 0.3 is 12.1 Å². The van der Waals surface area contributed by atoms with Gasteiger partial charge in [-0.3, -0.25) is 4.90 Å². The first-order valence-electron chi connectivity index (χ1n) is 8.93. The van der Waals surface area contributed by atoms with Crippen molar-refractivity contribution in [3.05, 3.63) is 71.8 Å². The molecule has 28 heavy (non-hydrogen) atoms. The number of benzene rings is 2.